The molecule has 2 aliphatic heterocycles. The molecular weight excluding hydrogens is 1540 g/mol. The Balaban J connectivity index is 0.000000181. The fraction of sp³-hybridized carbons (Fsp3) is 0.468. The summed E-state index contributed by atoms with van der Waals surface area (Å²) in [4.78, 5) is 0. The maximum atomic E-state index is 13.4. The first-order valence-corrected chi connectivity index (χ1v) is 36.4. The van der Waals surface area contributed by atoms with Crippen LogP contribution < -0.4 is 10.6 Å². The second-order valence-electron chi connectivity index (χ2n) is 29.3. The van der Waals surface area contributed by atoms with Gasteiger partial charge in [-0.2, -0.15) is 79.0 Å². The van der Waals surface area contributed by atoms with Crippen LogP contribution in [0.2, 0.25) is 0 Å². The van der Waals surface area contributed by atoms with Crippen molar-refractivity contribution in [1.29, 1.82) is 0 Å². The van der Waals surface area contributed by atoms with E-state index in [0.29, 0.717) is 120 Å². The van der Waals surface area contributed by atoms with Crippen molar-refractivity contribution in [3.05, 3.63) is 250 Å². The summed E-state index contributed by atoms with van der Waals surface area (Å²) in [5.74, 6) is 0. The normalized spacial score (nSPS) is 23.4. The number of nitrogens with zero attached hydrogens (tertiary/aromatic N) is 9. The number of ether oxygens (including phenoxy) is 3. The molecule has 3 aliphatic rings. The number of aromatic nitrogens is 9. The monoisotopic (exact) mass is 1630 g/mol. The third-order valence-corrected chi connectivity index (χ3v) is 22.4. The number of nitrogens with one attached hydrogen (secondary N) is 2. The number of aliphatic hydroxyl groups is 3. The molecule has 0 amide bonds. The summed E-state index contributed by atoms with van der Waals surface area (Å²) in [6.07, 6.45) is -17.0. The topological polar surface area (TPSA) is 205 Å². The first-order valence-electron chi connectivity index (χ1n) is 36.4. The smallest absolute Gasteiger partial charge is 0.396 e. The van der Waals surface area contributed by atoms with Crippen molar-refractivity contribution < 1.29 is 109 Å². The van der Waals surface area contributed by atoms with Crippen molar-refractivity contribution in [3.8, 4) is 0 Å². The zero-order chi connectivity index (χ0) is 82.8. The first-order chi connectivity index (χ1) is 53.7. The van der Waals surface area contributed by atoms with Crippen molar-refractivity contribution in [2.75, 3.05) is 52.7 Å². The molecule has 0 bridgehead atoms. The highest BCUT2D eigenvalue weighted by Gasteiger charge is 2.50. The molecule has 2 saturated heterocycles. The van der Waals surface area contributed by atoms with Gasteiger partial charge in [-0.1, -0.05) is 91.0 Å². The zero-order valence-electron chi connectivity index (χ0n) is 61.9. The van der Waals surface area contributed by atoms with Gasteiger partial charge in [0.25, 0.3) is 0 Å². The molecule has 1 aliphatic carbocycles. The molecular formula is C79H85F18N11O6. The van der Waals surface area contributed by atoms with E-state index in [2.05, 4.69) is 41.2 Å². The van der Waals surface area contributed by atoms with Crippen LogP contribution in [-0.4, -0.2) is 112 Å². The van der Waals surface area contributed by atoms with Crippen molar-refractivity contribution >= 4 is 0 Å². The van der Waals surface area contributed by atoms with Crippen LogP contribution in [0, 0.1) is 0 Å². The Morgan fingerprint density at radius 3 is 0.833 bits per heavy atom. The van der Waals surface area contributed by atoms with Crippen LogP contribution in [0.25, 0.3) is 0 Å². The van der Waals surface area contributed by atoms with E-state index < -0.39 is 122 Å². The molecule has 35 heteroatoms. The van der Waals surface area contributed by atoms with E-state index in [4.69, 9.17) is 14.2 Å². The highest BCUT2D eigenvalue weighted by molar-refractivity contribution is 5.38. The lowest BCUT2D eigenvalue weighted by atomic mass is 9.63. The van der Waals surface area contributed by atoms with Crippen LogP contribution in [0.4, 0.5) is 79.0 Å². The molecule has 0 radical (unpaired) electrons. The van der Waals surface area contributed by atoms with Gasteiger partial charge in [-0.15, -0.1) is 30.6 Å². The minimum atomic E-state index is -4.94. The van der Waals surface area contributed by atoms with Gasteiger partial charge in [0, 0.05) is 43.9 Å². The quantitative estimate of drug-likeness (QED) is 0.0357. The molecule has 3 aromatic heterocycles. The molecule has 9 aromatic rings. The molecule has 6 aromatic carbocycles. The highest BCUT2D eigenvalue weighted by Crippen LogP contribution is 2.51. The third-order valence-electron chi connectivity index (χ3n) is 22.4. The minimum absolute atomic E-state index is 0.00679. The van der Waals surface area contributed by atoms with Crippen LogP contribution in [0.15, 0.2) is 184 Å². The van der Waals surface area contributed by atoms with Crippen molar-refractivity contribution in [2.24, 2.45) is 0 Å². The van der Waals surface area contributed by atoms with Crippen molar-refractivity contribution in [1.82, 2.24) is 54.9 Å². The van der Waals surface area contributed by atoms with Gasteiger partial charge in [0.05, 0.1) is 93.7 Å². The second kappa shape index (κ2) is 35.3. The van der Waals surface area contributed by atoms with Crippen molar-refractivity contribution in [3.63, 3.8) is 0 Å². The summed E-state index contributed by atoms with van der Waals surface area (Å²) in [6, 6.07) is 32.8. The SMILES string of the molecule is C[C@@H](OCC1(c2ccccc2)CCC(CCO)(n2cnnc2)CC1)c1cc(C(F)(F)F)cc(C(F)(F)F)c1.C[C@@H](OC[C@@]1(c2ccccc2)CC[C@@](CCO)(n2cnnc2)CN1)c1cc(C(F)(F)F)cc(C(F)(F)F)c1.C[C@@H](OC[C@@]1(c2ccccc2)CC[C@](CCO)(n2cnnc2)CN1)c1cc(C(F)(F)F)cc(C(F)(F)F)c1. The molecule has 5 heterocycles. The standard InChI is InChI=1S/C27H29F6N3O2.2C26H28F6N4O2/c1-19(20-13-22(26(28,29)30)15-23(14-20)27(31,32)33)38-16-24(21-5-3-2-4-6-21)7-9-25(10-8-24,11-12-37)36-17-34-35-18-36;2*1-18(19-11-21(25(27,28)29)13-22(12-19)26(30,31)32)38-15-24(20-5-3-2-4-6-20)8-7-23(9-10-37,14-33-24)36-16-34-35-17-36/h2-6,13-15,17-19,37H,7-12,16H2,1H3;2*2-6,11-13,16-18,33,37H,7-10,14-15H2,1H3/t19-,24?,25?;18-,23+,24-;18-,23-,24-/m111/s1. The van der Waals surface area contributed by atoms with Crippen LogP contribution in [-0.2, 0) is 84.4 Å². The van der Waals surface area contributed by atoms with E-state index in [9.17, 15) is 94.3 Å². The lowest BCUT2D eigenvalue weighted by molar-refractivity contribution is -0.145. The summed E-state index contributed by atoms with van der Waals surface area (Å²) in [6.45, 7) is 5.07. The number of alkyl halides is 18. The Hall–Kier alpha value is -8.84. The average molecular weight is 1630 g/mol. The number of benzene rings is 6. The molecule has 7 atom stereocenters. The van der Waals surface area contributed by atoms with Crippen LogP contribution in [0.1, 0.15) is 176 Å². The molecule has 12 rings (SSSR count). The summed E-state index contributed by atoms with van der Waals surface area (Å²) >= 11 is 0. The van der Waals surface area contributed by atoms with E-state index in [0.717, 1.165) is 16.7 Å². The Morgan fingerprint density at radius 1 is 0.333 bits per heavy atom. The molecule has 0 unspecified atom stereocenters. The van der Waals surface area contributed by atoms with E-state index in [1.807, 2.05) is 105 Å². The molecule has 5 N–H and O–H groups in total. The van der Waals surface area contributed by atoms with Gasteiger partial charge in [0.15, 0.2) is 0 Å². The number of aliphatic hydroxyl groups excluding tert-OH is 3. The van der Waals surface area contributed by atoms with Gasteiger partial charge in [-0.3, -0.25) is 0 Å². The molecule has 618 valence electrons. The van der Waals surface area contributed by atoms with Crippen LogP contribution in [0.3, 0.4) is 0 Å². The molecule has 1 saturated carbocycles. The van der Waals surface area contributed by atoms with Crippen LogP contribution in [0.5, 0.6) is 0 Å². The number of hydrogen-bond acceptors (Lipinski definition) is 14. The van der Waals surface area contributed by atoms with E-state index in [1.54, 1.807) is 38.0 Å². The summed E-state index contributed by atoms with van der Waals surface area (Å²) in [5, 5.41) is 59.6. The molecule has 0 spiro atoms. The third kappa shape index (κ3) is 20.7. The van der Waals surface area contributed by atoms with Gasteiger partial charge in [0.1, 0.15) is 38.0 Å². The number of piperidine rings is 2. The number of halogens is 18. The Bertz CT molecular complexity index is 3920. The Labute approximate surface area is 644 Å². The van der Waals surface area contributed by atoms with Gasteiger partial charge in [0.2, 0.25) is 0 Å². The van der Waals surface area contributed by atoms with Gasteiger partial charge < -0.3 is 53.9 Å². The average Bonchev–Trinajstić information content (AvgIpc) is 1.26. The van der Waals surface area contributed by atoms with E-state index >= 15 is 0 Å². The van der Waals surface area contributed by atoms with Gasteiger partial charge in [-0.05, 0) is 179 Å². The van der Waals surface area contributed by atoms with Gasteiger partial charge >= 0.3 is 37.1 Å². The highest BCUT2D eigenvalue weighted by atomic mass is 19.4. The predicted molar refractivity (Wildman–Crippen MR) is 379 cm³/mol. The fourth-order valence-electron chi connectivity index (χ4n) is 15.3. The lowest BCUT2D eigenvalue weighted by Crippen LogP contribution is -2.59. The van der Waals surface area contributed by atoms with Gasteiger partial charge in [-0.25, -0.2) is 0 Å². The largest absolute Gasteiger partial charge is 0.416 e. The maximum Gasteiger partial charge on any atom is 0.416 e. The lowest BCUT2D eigenvalue weighted by Gasteiger charge is -2.48. The summed E-state index contributed by atoms with van der Waals surface area (Å²) in [7, 11) is 0. The molecule has 3 fully saturated rings. The Morgan fingerprint density at radius 2 is 0.579 bits per heavy atom. The minimum Gasteiger partial charge on any atom is -0.396 e. The zero-order valence-corrected chi connectivity index (χ0v) is 61.9. The van der Waals surface area contributed by atoms with E-state index in [1.165, 1.54) is 20.8 Å². The Kier molecular flexibility index (Phi) is 27.1. The summed E-state index contributed by atoms with van der Waals surface area (Å²) < 4.78 is 264. The molecule has 17 nitrogen and oxygen atoms in total. The predicted octanol–water partition coefficient (Wildman–Crippen LogP) is 17.6. The van der Waals surface area contributed by atoms with E-state index in [-0.39, 0.29) is 74.5 Å². The molecule has 114 heavy (non-hydrogen) atoms. The van der Waals surface area contributed by atoms with Crippen molar-refractivity contribution in [2.45, 2.75) is 180 Å². The fourth-order valence-corrected chi connectivity index (χ4v) is 15.3. The number of rotatable bonds is 24. The maximum absolute atomic E-state index is 13.4. The first kappa shape index (κ1) is 87.5. The van der Waals surface area contributed by atoms with Crippen LogP contribution >= 0.6 is 0 Å². The second-order valence-corrected chi connectivity index (χ2v) is 29.3. The summed E-state index contributed by atoms with van der Waals surface area (Å²) in [5.41, 5.74) is -9.62. The number of hydrogen-bond donors (Lipinski definition) is 5.